The number of carbonyl (C=O) groups is 1. The molecule has 0 radical (unpaired) electrons. The predicted octanol–water partition coefficient (Wildman–Crippen LogP) is -0.171. The molecular weight excluding hydrogens is 188 g/mol. The molecule has 1 amide bonds. The zero-order valence-electron chi connectivity index (χ0n) is 8.21. The Bertz CT molecular complexity index is 144. The van der Waals surface area contributed by atoms with Crippen molar-refractivity contribution in [1.29, 1.82) is 0 Å². The normalized spacial score (nSPS) is 12.8. The van der Waals surface area contributed by atoms with Crippen molar-refractivity contribution in [2.75, 3.05) is 31.8 Å². The Morgan fingerprint density at radius 3 is 2.85 bits per heavy atom. The molecular formula is C8H18N2O2S. The summed E-state index contributed by atoms with van der Waals surface area (Å²) in [6.45, 7) is 3.43. The first-order valence-corrected chi connectivity index (χ1v) is 5.47. The van der Waals surface area contributed by atoms with Gasteiger partial charge in [0, 0.05) is 18.6 Å². The zero-order chi connectivity index (χ0) is 10.1. The summed E-state index contributed by atoms with van der Waals surface area (Å²) in [5, 5.41) is 3.02. The number of primary amides is 1. The predicted molar refractivity (Wildman–Crippen MR) is 55.9 cm³/mol. The molecule has 13 heavy (non-hydrogen) atoms. The van der Waals surface area contributed by atoms with Gasteiger partial charge in [-0.3, -0.25) is 4.79 Å². The Morgan fingerprint density at radius 2 is 2.38 bits per heavy atom. The lowest BCUT2D eigenvalue weighted by Crippen LogP contribution is -2.43. The molecule has 0 heterocycles. The van der Waals surface area contributed by atoms with Gasteiger partial charge >= 0.3 is 0 Å². The molecule has 0 aromatic rings. The molecule has 0 aliphatic heterocycles. The average molecular weight is 206 g/mol. The van der Waals surface area contributed by atoms with Crippen LogP contribution in [0.15, 0.2) is 0 Å². The number of likely N-dealkylation sites (N-methyl/N-ethyl adjacent to an activating group) is 1. The minimum Gasteiger partial charge on any atom is -0.384 e. The molecule has 0 bridgehead atoms. The Morgan fingerprint density at radius 1 is 1.69 bits per heavy atom. The number of methoxy groups -OCH3 is 1. The molecule has 0 aliphatic rings. The Hall–Kier alpha value is -0.260. The van der Waals surface area contributed by atoms with Crippen molar-refractivity contribution in [1.82, 2.24) is 5.32 Å². The molecule has 0 fully saturated rings. The molecule has 0 aromatic heterocycles. The Labute approximate surface area is 83.6 Å². The van der Waals surface area contributed by atoms with E-state index in [1.54, 1.807) is 18.9 Å². The first kappa shape index (κ1) is 12.7. The number of carbonyl (C=O) groups excluding carboxylic acids is 1. The van der Waals surface area contributed by atoms with Crippen molar-refractivity contribution in [2.24, 2.45) is 5.73 Å². The Kier molecular flexibility index (Phi) is 8.18. The van der Waals surface area contributed by atoms with Crippen molar-refractivity contribution in [2.45, 2.75) is 13.0 Å². The van der Waals surface area contributed by atoms with Crippen LogP contribution in [-0.2, 0) is 9.53 Å². The minimum absolute atomic E-state index is 0.216. The van der Waals surface area contributed by atoms with Crippen molar-refractivity contribution < 1.29 is 9.53 Å². The lowest BCUT2D eigenvalue weighted by molar-refractivity contribution is -0.119. The van der Waals surface area contributed by atoms with Crippen LogP contribution in [0.25, 0.3) is 0 Å². The maximum atomic E-state index is 10.9. The van der Waals surface area contributed by atoms with E-state index in [0.29, 0.717) is 12.4 Å². The molecule has 4 nitrogen and oxygen atoms in total. The number of hydrogen-bond donors (Lipinski definition) is 2. The van der Waals surface area contributed by atoms with Gasteiger partial charge in [0.05, 0.1) is 12.6 Å². The molecule has 0 aliphatic carbocycles. The summed E-state index contributed by atoms with van der Waals surface area (Å²) in [6.07, 6.45) is 0. The number of nitrogens with one attached hydrogen (secondary N) is 1. The number of thioether (sulfide) groups is 1. The van der Waals surface area contributed by atoms with Gasteiger partial charge in [-0.15, -0.1) is 0 Å². The fraction of sp³-hybridized carbons (Fsp3) is 0.875. The van der Waals surface area contributed by atoms with E-state index in [0.717, 1.165) is 12.3 Å². The first-order chi connectivity index (χ1) is 6.22. The second kappa shape index (κ2) is 8.34. The fourth-order valence-corrected chi connectivity index (χ4v) is 1.80. The van der Waals surface area contributed by atoms with E-state index >= 15 is 0 Å². The van der Waals surface area contributed by atoms with Crippen LogP contribution in [0.3, 0.4) is 0 Å². The largest absolute Gasteiger partial charge is 0.384 e. The van der Waals surface area contributed by atoms with E-state index in [4.69, 9.17) is 10.5 Å². The topological polar surface area (TPSA) is 64.3 Å². The highest BCUT2D eigenvalue weighted by atomic mass is 32.2. The minimum atomic E-state index is -0.285. The SMILES string of the molecule is CCNC(CSCCOC)C(N)=O. The highest BCUT2D eigenvalue weighted by molar-refractivity contribution is 7.99. The monoisotopic (exact) mass is 206 g/mol. The van der Waals surface area contributed by atoms with Crippen LogP contribution in [0.4, 0.5) is 0 Å². The lowest BCUT2D eigenvalue weighted by atomic mass is 10.3. The number of amides is 1. The van der Waals surface area contributed by atoms with Crippen LogP contribution < -0.4 is 11.1 Å². The van der Waals surface area contributed by atoms with Gasteiger partial charge in [-0.2, -0.15) is 11.8 Å². The van der Waals surface area contributed by atoms with Crippen LogP contribution in [-0.4, -0.2) is 43.7 Å². The second-order valence-corrected chi connectivity index (χ2v) is 3.73. The maximum absolute atomic E-state index is 10.9. The summed E-state index contributed by atoms with van der Waals surface area (Å²) in [7, 11) is 1.66. The number of hydrogen-bond acceptors (Lipinski definition) is 4. The smallest absolute Gasteiger partial charge is 0.235 e. The molecule has 1 atom stereocenters. The summed E-state index contributed by atoms with van der Waals surface area (Å²) >= 11 is 1.67. The molecule has 3 N–H and O–H groups in total. The van der Waals surface area contributed by atoms with Crippen LogP contribution in [0.5, 0.6) is 0 Å². The standard InChI is InChI=1S/C8H18N2O2S/c1-3-10-7(8(9)11)6-13-5-4-12-2/h7,10H,3-6H2,1-2H3,(H2,9,11). The number of ether oxygens (including phenoxy) is 1. The van der Waals surface area contributed by atoms with Crippen molar-refractivity contribution in [3.8, 4) is 0 Å². The van der Waals surface area contributed by atoms with Gasteiger partial charge in [-0.1, -0.05) is 6.92 Å². The summed E-state index contributed by atoms with van der Waals surface area (Å²) in [4.78, 5) is 10.9. The van der Waals surface area contributed by atoms with Crippen molar-refractivity contribution in [3.63, 3.8) is 0 Å². The summed E-state index contributed by atoms with van der Waals surface area (Å²) < 4.78 is 4.89. The quantitative estimate of drug-likeness (QED) is 0.541. The first-order valence-electron chi connectivity index (χ1n) is 4.31. The molecule has 5 heteroatoms. The van der Waals surface area contributed by atoms with E-state index < -0.39 is 0 Å². The van der Waals surface area contributed by atoms with E-state index in [9.17, 15) is 4.79 Å². The number of rotatable bonds is 8. The third kappa shape index (κ3) is 6.86. The maximum Gasteiger partial charge on any atom is 0.235 e. The number of nitrogens with two attached hydrogens (primary N) is 1. The molecule has 78 valence electrons. The summed E-state index contributed by atoms with van der Waals surface area (Å²) in [5.74, 6) is 1.32. The van der Waals surface area contributed by atoms with Gasteiger partial charge in [-0.25, -0.2) is 0 Å². The average Bonchev–Trinajstić information content (AvgIpc) is 2.10. The highest BCUT2D eigenvalue weighted by Gasteiger charge is 2.12. The fourth-order valence-electron chi connectivity index (χ4n) is 0.831. The lowest BCUT2D eigenvalue weighted by Gasteiger charge is -2.12. The summed E-state index contributed by atoms with van der Waals surface area (Å²) in [5.41, 5.74) is 5.19. The van der Waals surface area contributed by atoms with Crippen LogP contribution >= 0.6 is 11.8 Å². The Balaban J connectivity index is 3.51. The van der Waals surface area contributed by atoms with Crippen LogP contribution in [0.2, 0.25) is 0 Å². The van der Waals surface area contributed by atoms with Gasteiger partial charge in [-0.05, 0) is 6.54 Å². The van der Waals surface area contributed by atoms with E-state index in [1.165, 1.54) is 0 Å². The highest BCUT2D eigenvalue weighted by Crippen LogP contribution is 2.02. The van der Waals surface area contributed by atoms with E-state index in [1.807, 2.05) is 6.92 Å². The molecule has 0 saturated heterocycles. The third-order valence-electron chi connectivity index (χ3n) is 1.51. The third-order valence-corrected chi connectivity index (χ3v) is 2.53. The van der Waals surface area contributed by atoms with Crippen molar-refractivity contribution in [3.05, 3.63) is 0 Å². The second-order valence-electron chi connectivity index (χ2n) is 2.58. The van der Waals surface area contributed by atoms with Gasteiger partial charge in [0.1, 0.15) is 0 Å². The van der Waals surface area contributed by atoms with Gasteiger partial charge < -0.3 is 15.8 Å². The van der Waals surface area contributed by atoms with E-state index in [2.05, 4.69) is 5.32 Å². The van der Waals surface area contributed by atoms with Gasteiger partial charge in [0.2, 0.25) is 5.91 Å². The molecule has 1 unspecified atom stereocenters. The zero-order valence-corrected chi connectivity index (χ0v) is 9.02. The molecule has 0 aromatic carbocycles. The van der Waals surface area contributed by atoms with Crippen molar-refractivity contribution >= 4 is 17.7 Å². The molecule has 0 spiro atoms. The molecule has 0 rings (SSSR count). The van der Waals surface area contributed by atoms with E-state index in [-0.39, 0.29) is 11.9 Å². The van der Waals surface area contributed by atoms with Crippen LogP contribution in [0.1, 0.15) is 6.92 Å². The van der Waals surface area contributed by atoms with Gasteiger partial charge in [0.15, 0.2) is 0 Å². The summed E-state index contributed by atoms with van der Waals surface area (Å²) in [6, 6.07) is -0.216. The van der Waals surface area contributed by atoms with Gasteiger partial charge in [0.25, 0.3) is 0 Å². The van der Waals surface area contributed by atoms with Crippen LogP contribution in [0, 0.1) is 0 Å². The molecule has 0 saturated carbocycles.